The Bertz CT molecular complexity index is 1230. The van der Waals surface area contributed by atoms with Gasteiger partial charge in [-0.05, 0) is 49.7 Å². The first-order chi connectivity index (χ1) is 14.9. The van der Waals surface area contributed by atoms with Crippen molar-refractivity contribution in [1.82, 2.24) is 14.1 Å². The lowest BCUT2D eigenvalue weighted by Crippen LogP contribution is -2.48. The van der Waals surface area contributed by atoms with E-state index in [1.54, 1.807) is 36.4 Å². The van der Waals surface area contributed by atoms with Crippen LogP contribution in [0.15, 0.2) is 72.7 Å². The van der Waals surface area contributed by atoms with Crippen molar-refractivity contribution < 1.29 is 9.66 Å². The van der Waals surface area contributed by atoms with Crippen molar-refractivity contribution in [3.05, 3.63) is 90.1 Å². The molecular weight excluding hydrogens is 424 g/mol. The molecule has 0 saturated heterocycles. The van der Waals surface area contributed by atoms with Crippen LogP contribution in [0.5, 0.6) is 0 Å². The van der Waals surface area contributed by atoms with Gasteiger partial charge in [0.15, 0.2) is 0 Å². The molecule has 2 aromatic carbocycles. The molecule has 0 unspecified atom stereocenters. The lowest BCUT2D eigenvalue weighted by molar-refractivity contribution is -0.384. The van der Waals surface area contributed by atoms with E-state index in [1.807, 2.05) is 6.92 Å². The molecule has 0 radical (unpaired) electrons. The average molecular weight is 444 g/mol. The van der Waals surface area contributed by atoms with Crippen LogP contribution in [0.4, 0.5) is 5.69 Å². The third-order valence-electron chi connectivity index (χ3n) is 4.34. The van der Waals surface area contributed by atoms with Crippen LogP contribution >= 0.6 is 11.8 Å². The van der Waals surface area contributed by atoms with E-state index in [2.05, 4.69) is 4.98 Å². The smallest absolute Gasteiger partial charge is 0.340 e. The van der Waals surface area contributed by atoms with Gasteiger partial charge in [0.2, 0.25) is 0 Å². The van der Waals surface area contributed by atoms with Crippen molar-refractivity contribution in [2.45, 2.75) is 29.7 Å². The molecule has 0 aliphatic rings. The molecule has 0 aliphatic carbocycles. The van der Waals surface area contributed by atoms with Crippen molar-refractivity contribution in [2.75, 3.05) is 13.2 Å². The molecule has 3 rings (SSSR count). The molecule has 0 amide bonds. The highest BCUT2D eigenvalue weighted by Crippen LogP contribution is 2.29. The maximum atomic E-state index is 12.7. The van der Waals surface area contributed by atoms with E-state index in [0.29, 0.717) is 25.3 Å². The number of aromatic nitrogens is 3. The highest BCUT2D eigenvalue weighted by atomic mass is 32.2. The maximum Gasteiger partial charge on any atom is 0.340 e. The highest BCUT2D eigenvalue weighted by molar-refractivity contribution is 7.99. The van der Waals surface area contributed by atoms with Gasteiger partial charge in [-0.25, -0.2) is 23.5 Å². The van der Waals surface area contributed by atoms with Crippen LogP contribution < -0.4 is 17.1 Å². The van der Waals surface area contributed by atoms with Gasteiger partial charge < -0.3 is 4.74 Å². The molecule has 3 aromatic rings. The summed E-state index contributed by atoms with van der Waals surface area (Å²) in [4.78, 5) is 51.1. The predicted octanol–water partition coefficient (Wildman–Crippen LogP) is 2.17. The van der Waals surface area contributed by atoms with Gasteiger partial charge in [-0.15, -0.1) is 0 Å². The van der Waals surface area contributed by atoms with Gasteiger partial charge in [-0.2, -0.15) is 0 Å². The van der Waals surface area contributed by atoms with Crippen LogP contribution in [0.2, 0.25) is 0 Å². The molecule has 0 bridgehead atoms. The standard InChI is InChI=1S/C20H20N4O6S/c1-2-30-13-3-12-22-18(25)21-19(26)23(20(22)27)14-4-8-16(9-5-14)31-17-10-6-15(7-11-17)24(28)29/h4-11H,2-3,12-13H2,1H3,(H,21,25,26). The predicted molar refractivity (Wildman–Crippen MR) is 115 cm³/mol. The molecule has 162 valence electrons. The fourth-order valence-electron chi connectivity index (χ4n) is 2.84. The van der Waals surface area contributed by atoms with E-state index in [9.17, 15) is 24.5 Å². The van der Waals surface area contributed by atoms with Crippen LogP contribution in [0.3, 0.4) is 0 Å². The summed E-state index contributed by atoms with van der Waals surface area (Å²) >= 11 is 1.38. The van der Waals surface area contributed by atoms with Gasteiger partial charge in [0, 0.05) is 41.7 Å². The number of rotatable bonds is 9. The molecule has 10 nitrogen and oxygen atoms in total. The zero-order valence-corrected chi connectivity index (χ0v) is 17.5. The number of H-pyrrole nitrogens is 1. The van der Waals surface area contributed by atoms with Crippen molar-refractivity contribution >= 4 is 17.4 Å². The van der Waals surface area contributed by atoms with E-state index in [0.717, 1.165) is 18.9 Å². The number of nitro groups is 1. The molecule has 0 spiro atoms. The van der Waals surface area contributed by atoms with Crippen molar-refractivity contribution in [3.8, 4) is 5.69 Å². The number of nitro benzene ring substituents is 1. The lowest BCUT2D eigenvalue weighted by Gasteiger charge is -2.10. The second-order valence-electron chi connectivity index (χ2n) is 6.40. The number of nitrogens with zero attached hydrogens (tertiary/aromatic N) is 3. The topological polar surface area (TPSA) is 129 Å². The van der Waals surface area contributed by atoms with Crippen molar-refractivity contribution in [2.24, 2.45) is 0 Å². The van der Waals surface area contributed by atoms with Crippen LogP contribution in [0.25, 0.3) is 5.69 Å². The largest absolute Gasteiger partial charge is 0.382 e. The summed E-state index contributed by atoms with van der Waals surface area (Å²) in [5.74, 6) is 0. The zero-order chi connectivity index (χ0) is 22.4. The van der Waals surface area contributed by atoms with Crippen molar-refractivity contribution in [3.63, 3.8) is 0 Å². The third kappa shape index (κ3) is 5.38. The van der Waals surface area contributed by atoms with Gasteiger partial charge in [-0.1, -0.05) is 11.8 Å². The van der Waals surface area contributed by atoms with Crippen LogP contribution in [-0.4, -0.2) is 32.3 Å². The summed E-state index contributed by atoms with van der Waals surface area (Å²) in [5.41, 5.74) is -1.96. The lowest BCUT2D eigenvalue weighted by atomic mass is 10.3. The number of non-ortho nitro benzene ring substituents is 1. The van der Waals surface area contributed by atoms with Gasteiger partial charge in [0.05, 0.1) is 10.6 Å². The van der Waals surface area contributed by atoms with Gasteiger partial charge in [0.1, 0.15) is 0 Å². The van der Waals surface area contributed by atoms with Crippen LogP contribution in [-0.2, 0) is 11.3 Å². The second-order valence-corrected chi connectivity index (χ2v) is 7.55. The molecule has 0 atom stereocenters. The number of hydrogen-bond acceptors (Lipinski definition) is 7. The fraction of sp³-hybridized carbons (Fsp3) is 0.250. The molecule has 0 fully saturated rings. The molecule has 1 heterocycles. The van der Waals surface area contributed by atoms with Crippen LogP contribution in [0, 0.1) is 10.1 Å². The fourth-order valence-corrected chi connectivity index (χ4v) is 3.65. The molecule has 31 heavy (non-hydrogen) atoms. The highest BCUT2D eigenvalue weighted by Gasteiger charge is 2.12. The monoisotopic (exact) mass is 444 g/mol. The summed E-state index contributed by atoms with van der Waals surface area (Å²) in [6.45, 7) is 2.91. The Hall–Kier alpha value is -3.44. The molecule has 0 saturated carbocycles. The molecule has 1 aromatic heterocycles. The van der Waals surface area contributed by atoms with Gasteiger partial charge >= 0.3 is 17.1 Å². The first-order valence-electron chi connectivity index (χ1n) is 9.47. The zero-order valence-electron chi connectivity index (χ0n) is 16.6. The Balaban J connectivity index is 1.83. The van der Waals surface area contributed by atoms with Crippen molar-refractivity contribution in [1.29, 1.82) is 0 Å². The maximum absolute atomic E-state index is 12.7. The van der Waals surface area contributed by atoms with Crippen LogP contribution in [0.1, 0.15) is 13.3 Å². The minimum Gasteiger partial charge on any atom is -0.382 e. The first kappa shape index (κ1) is 22.2. The molecule has 1 N–H and O–H groups in total. The summed E-state index contributed by atoms with van der Waals surface area (Å²) in [7, 11) is 0. The quantitative estimate of drug-likeness (QED) is 0.304. The van der Waals surface area contributed by atoms with Gasteiger partial charge in [0.25, 0.3) is 5.69 Å². The Morgan fingerprint density at radius 1 is 1.00 bits per heavy atom. The Morgan fingerprint density at radius 3 is 2.19 bits per heavy atom. The van der Waals surface area contributed by atoms with E-state index in [-0.39, 0.29) is 12.2 Å². The summed E-state index contributed by atoms with van der Waals surface area (Å²) in [6, 6.07) is 12.8. The summed E-state index contributed by atoms with van der Waals surface area (Å²) in [6.07, 6.45) is 0.458. The van der Waals surface area contributed by atoms with E-state index in [1.165, 1.54) is 23.9 Å². The molecular formula is C20H20N4O6S. The minimum absolute atomic E-state index is 0.00896. The molecule has 0 aliphatic heterocycles. The average Bonchev–Trinajstić information content (AvgIpc) is 2.74. The Morgan fingerprint density at radius 2 is 1.61 bits per heavy atom. The van der Waals surface area contributed by atoms with E-state index >= 15 is 0 Å². The second kappa shape index (κ2) is 10.0. The summed E-state index contributed by atoms with van der Waals surface area (Å²) in [5, 5.41) is 10.7. The number of ether oxygens (including phenoxy) is 1. The van der Waals surface area contributed by atoms with E-state index < -0.39 is 22.0 Å². The Kier molecular flexibility index (Phi) is 7.21. The van der Waals surface area contributed by atoms with Gasteiger partial charge in [-0.3, -0.25) is 15.1 Å². The number of benzene rings is 2. The minimum atomic E-state index is -0.813. The Labute approximate surface area is 180 Å². The third-order valence-corrected chi connectivity index (χ3v) is 5.35. The first-order valence-corrected chi connectivity index (χ1v) is 10.3. The SMILES string of the molecule is CCOCCCn1c(=O)[nH]c(=O)n(-c2ccc(Sc3ccc([N+](=O)[O-])cc3)cc2)c1=O. The number of nitrogens with one attached hydrogen (secondary N) is 1. The normalized spacial score (nSPS) is 10.9. The molecule has 11 heteroatoms. The van der Waals surface area contributed by atoms with E-state index in [4.69, 9.17) is 4.74 Å². The summed E-state index contributed by atoms with van der Waals surface area (Å²) < 4.78 is 7.10. The number of aromatic amines is 1. The number of hydrogen-bond donors (Lipinski definition) is 1.